The van der Waals surface area contributed by atoms with Crippen LogP contribution in [0.15, 0.2) is 24.3 Å². The van der Waals surface area contributed by atoms with Crippen molar-refractivity contribution in [2.45, 2.75) is 38.8 Å². The Kier molecular flexibility index (Phi) is 5.44. The van der Waals surface area contributed by atoms with Gasteiger partial charge in [-0.15, -0.1) is 0 Å². The second kappa shape index (κ2) is 7.09. The Hall–Kier alpha value is -1.06. The number of benzene rings is 1. The maximum absolute atomic E-state index is 5.34. The Bertz CT molecular complexity index is 419. The second-order valence-corrected chi connectivity index (χ2v) is 6.07. The summed E-state index contributed by atoms with van der Waals surface area (Å²) in [5, 5.41) is 3.46. The molecule has 0 aromatic heterocycles. The predicted molar refractivity (Wildman–Crippen MR) is 84.2 cm³/mol. The molecule has 0 saturated carbocycles. The lowest BCUT2D eigenvalue weighted by atomic mass is 10.0. The molecule has 2 atom stereocenters. The molecule has 1 N–H and O–H groups in total. The van der Waals surface area contributed by atoms with Crippen molar-refractivity contribution in [3.8, 4) is 5.75 Å². The SMILES string of the molecule is CNC(CN1CCCC1C(C)C)c1cccc(OC)c1. The van der Waals surface area contributed by atoms with Crippen LogP contribution in [0.25, 0.3) is 0 Å². The Labute approximate surface area is 123 Å². The fourth-order valence-electron chi connectivity index (χ4n) is 3.29. The number of likely N-dealkylation sites (N-methyl/N-ethyl adjacent to an activating group) is 1. The van der Waals surface area contributed by atoms with Gasteiger partial charge in [0.15, 0.2) is 0 Å². The quantitative estimate of drug-likeness (QED) is 0.864. The monoisotopic (exact) mass is 276 g/mol. The molecule has 1 heterocycles. The van der Waals surface area contributed by atoms with Gasteiger partial charge in [-0.3, -0.25) is 4.90 Å². The van der Waals surface area contributed by atoms with Crippen molar-refractivity contribution in [2.24, 2.45) is 5.92 Å². The van der Waals surface area contributed by atoms with E-state index in [9.17, 15) is 0 Å². The van der Waals surface area contributed by atoms with Crippen molar-refractivity contribution >= 4 is 0 Å². The smallest absolute Gasteiger partial charge is 0.119 e. The number of nitrogens with one attached hydrogen (secondary N) is 1. The van der Waals surface area contributed by atoms with Gasteiger partial charge in [-0.1, -0.05) is 26.0 Å². The first kappa shape index (κ1) is 15.3. The number of ether oxygens (including phenoxy) is 1. The summed E-state index contributed by atoms with van der Waals surface area (Å²) in [6.07, 6.45) is 2.67. The summed E-state index contributed by atoms with van der Waals surface area (Å²) in [6, 6.07) is 9.50. The number of hydrogen-bond donors (Lipinski definition) is 1. The van der Waals surface area contributed by atoms with E-state index in [0.717, 1.165) is 24.3 Å². The molecule has 1 aliphatic heterocycles. The molecular formula is C17H28N2O. The maximum Gasteiger partial charge on any atom is 0.119 e. The highest BCUT2D eigenvalue weighted by molar-refractivity contribution is 5.30. The van der Waals surface area contributed by atoms with Gasteiger partial charge in [0.2, 0.25) is 0 Å². The van der Waals surface area contributed by atoms with Crippen molar-refractivity contribution < 1.29 is 4.74 Å². The molecule has 1 aromatic carbocycles. The molecule has 0 aliphatic carbocycles. The highest BCUT2D eigenvalue weighted by Gasteiger charge is 2.28. The second-order valence-electron chi connectivity index (χ2n) is 6.07. The Morgan fingerprint density at radius 2 is 2.20 bits per heavy atom. The zero-order chi connectivity index (χ0) is 14.5. The Balaban J connectivity index is 2.08. The molecule has 20 heavy (non-hydrogen) atoms. The molecule has 2 rings (SSSR count). The molecule has 0 amide bonds. The normalized spacial score (nSPS) is 21.4. The molecule has 1 saturated heterocycles. The summed E-state index contributed by atoms with van der Waals surface area (Å²) in [7, 11) is 3.77. The van der Waals surface area contributed by atoms with Gasteiger partial charge in [-0.2, -0.15) is 0 Å². The van der Waals surface area contributed by atoms with Crippen LogP contribution >= 0.6 is 0 Å². The fourth-order valence-corrected chi connectivity index (χ4v) is 3.29. The van der Waals surface area contributed by atoms with Gasteiger partial charge in [0.05, 0.1) is 7.11 Å². The average Bonchev–Trinajstić information content (AvgIpc) is 2.93. The largest absolute Gasteiger partial charge is 0.497 e. The van der Waals surface area contributed by atoms with Crippen molar-refractivity contribution in [3.05, 3.63) is 29.8 Å². The summed E-state index contributed by atoms with van der Waals surface area (Å²) in [5.74, 6) is 1.67. The summed E-state index contributed by atoms with van der Waals surface area (Å²) in [4.78, 5) is 2.64. The van der Waals surface area contributed by atoms with E-state index in [-0.39, 0.29) is 0 Å². The molecule has 0 radical (unpaired) electrons. The summed E-state index contributed by atoms with van der Waals surface area (Å²) >= 11 is 0. The minimum Gasteiger partial charge on any atom is -0.497 e. The standard InChI is InChI=1S/C17H28N2O/c1-13(2)17-9-6-10-19(17)12-16(18-3)14-7-5-8-15(11-14)20-4/h5,7-8,11,13,16-18H,6,9-10,12H2,1-4H3. The number of rotatable bonds is 6. The van der Waals surface area contributed by atoms with E-state index >= 15 is 0 Å². The van der Waals surface area contributed by atoms with Crippen molar-refractivity contribution in [1.82, 2.24) is 10.2 Å². The summed E-state index contributed by atoms with van der Waals surface area (Å²) < 4.78 is 5.34. The number of hydrogen-bond acceptors (Lipinski definition) is 3. The fraction of sp³-hybridized carbons (Fsp3) is 0.647. The maximum atomic E-state index is 5.34. The van der Waals surface area contributed by atoms with Gasteiger partial charge in [-0.25, -0.2) is 0 Å². The number of methoxy groups -OCH3 is 1. The minimum atomic E-state index is 0.365. The molecule has 0 spiro atoms. The van der Waals surface area contributed by atoms with Crippen LogP contribution in [-0.2, 0) is 0 Å². The van der Waals surface area contributed by atoms with Crippen LogP contribution in [0.2, 0.25) is 0 Å². The van der Waals surface area contributed by atoms with E-state index < -0.39 is 0 Å². The Morgan fingerprint density at radius 1 is 1.40 bits per heavy atom. The third-order valence-electron chi connectivity index (χ3n) is 4.45. The van der Waals surface area contributed by atoms with Crippen LogP contribution in [-0.4, -0.2) is 38.2 Å². The molecule has 112 valence electrons. The van der Waals surface area contributed by atoms with E-state index in [0.29, 0.717) is 6.04 Å². The van der Waals surface area contributed by atoms with Crippen LogP contribution in [0.1, 0.15) is 38.3 Å². The zero-order valence-electron chi connectivity index (χ0n) is 13.2. The van der Waals surface area contributed by atoms with E-state index in [1.807, 2.05) is 13.1 Å². The van der Waals surface area contributed by atoms with Gasteiger partial charge in [0.1, 0.15) is 5.75 Å². The van der Waals surface area contributed by atoms with E-state index in [4.69, 9.17) is 4.74 Å². The summed E-state index contributed by atoms with van der Waals surface area (Å²) in [5.41, 5.74) is 1.31. The lowest BCUT2D eigenvalue weighted by Crippen LogP contribution is -2.39. The molecule has 3 heteroatoms. The van der Waals surface area contributed by atoms with Gasteiger partial charge in [0.25, 0.3) is 0 Å². The minimum absolute atomic E-state index is 0.365. The van der Waals surface area contributed by atoms with E-state index in [1.54, 1.807) is 7.11 Å². The van der Waals surface area contributed by atoms with Crippen LogP contribution in [0.4, 0.5) is 0 Å². The Morgan fingerprint density at radius 3 is 2.85 bits per heavy atom. The number of nitrogens with zero attached hydrogens (tertiary/aromatic N) is 1. The van der Waals surface area contributed by atoms with E-state index in [2.05, 4.69) is 42.3 Å². The molecule has 2 unspecified atom stereocenters. The van der Waals surface area contributed by atoms with Crippen LogP contribution in [0.5, 0.6) is 5.75 Å². The number of likely N-dealkylation sites (tertiary alicyclic amines) is 1. The van der Waals surface area contributed by atoms with Crippen LogP contribution < -0.4 is 10.1 Å². The van der Waals surface area contributed by atoms with Crippen LogP contribution in [0, 0.1) is 5.92 Å². The first-order valence-corrected chi connectivity index (χ1v) is 7.71. The van der Waals surface area contributed by atoms with Gasteiger partial charge >= 0.3 is 0 Å². The third-order valence-corrected chi connectivity index (χ3v) is 4.45. The highest BCUT2D eigenvalue weighted by Crippen LogP contribution is 2.27. The lowest BCUT2D eigenvalue weighted by molar-refractivity contribution is 0.188. The van der Waals surface area contributed by atoms with Crippen molar-refractivity contribution in [3.63, 3.8) is 0 Å². The van der Waals surface area contributed by atoms with Gasteiger partial charge in [-0.05, 0) is 50.0 Å². The highest BCUT2D eigenvalue weighted by atomic mass is 16.5. The average molecular weight is 276 g/mol. The van der Waals surface area contributed by atoms with Crippen molar-refractivity contribution in [1.29, 1.82) is 0 Å². The van der Waals surface area contributed by atoms with Crippen LogP contribution in [0.3, 0.4) is 0 Å². The topological polar surface area (TPSA) is 24.5 Å². The molecule has 1 fully saturated rings. The molecule has 1 aromatic rings. The van der Waals surface area contributed by atoms with Gasteiger partial charge < -0.3 is 10.1 Å². The predicted octanol–water partition coefficient (Wildman–Crippen LogP) is 3.08. The third kappa shape index (κ3) is 3.53. The van der Waals surface area contributed by atoms with Gasteiger partial charge in [0, 0.05) is 18.6 Å². The van der Waals surface area contributed by atoms with E-state index in [1.165, 1.54) is 24.9 Å². The lowest BCUT2D eigenvalue weighted by Gasteiger charge is -2.31. The molecule has 3 nitrogen and oxygen atoms in total. The summed E-state index contributed by atoms with van der Waals surface area (Å²) in [6.45, 7) is 6.98. The molecular weight excluding hydrogens is 248 g/mol. The first-order valence-electron chi connectivity index (χ1n) is 7.71. The molecule has 0 bridgehead atoms. The zero-order valence-corrected chi connectivity index (χ0v) is 13.2. The molecule has 1 aliphatic rings. The first-order chi connectivity index (χ1) is 9.65. The van der Waals surface area contributed by atoms with Crippen molar-refractivity contribution in [2.75, 3.05) is 27.2 Å².